The van der Waals surface area contributed by atoms with E-state index in [-0.39, 0.29) is 23.1 Å². The molecule has 0 aliphatic rings. The zero-order valence-electron chi connectivity index (χ0n) is 9.20. The van der Waals surface area contributed by atoms with Gasteiger partial charge in [-0.3, -0.25) is 0 Å². The number of hydrogen-bond donors (Lipinski definition) is 0. The fourth-order valence-electron chi connectivity index (χ4n) is 1.09. The zero-order chi connectivity index (χ0) is 12.2. The maximum absolute atomic E-state index is 11.1. The van der Waals surface area contributed by atoms with Crippen LogP contribution < -0.4 is 0 Å². The van der Waals surface area contributed by atoms with Crippen LogP contribution >= 0.6 is 0 Å². The van der Waals surface area contributed by atoms with Crippen molar-refractivity contribution < 1.29 is 19.2 Å². The minimum atomic E-state index is -0.768. The topological polar surface area (TPSA) is 68.3 Å². The average molecular weight is 277 g/mol. The van der Waals surface area contributed by atoms with Gasteiger partial charge < -0.3 is 0 Å². The Labute approximate surface area is 95.0 Å². The molecule has 0 rings (SSSR count). The van der Waals surface area contributed by atoms with Gasteiger partial charge in [0.25, 0.3) is 0 Å². The van der Waals surface area contributed by atoms with Crippen molar-refractivity contribution >= 4 is 38.1 Å². The van der Waals surface area contributed by atoms with Crippen molar-refractivity contribution in [3.05, 3.63) is 0 Å². The van der Waals surface area contributed by atoms with Gasteiger partial charge in [0.2, 0.25) is 0 Å². The second kappa shape index (κ2) is 5.93. The summed E-state index contributed by atoms with van der Waals surface area (Å²) in [5.41, 5.74) is 0. The van der Waals surface area contributed by atoms with Crippen LogP contribution in [0.2, 0.25) is 9.63 Å². The maximum atomic E-state index is 11.1. The quantitative estimate of drug-likeness (QED) is 0.527. The molecule has 5 heteroatoms. The number of hydrogen-bond acceptors (Lipinski definition) is 4. The number of Topliss-reactive ketones (excluding diaryl/α,β-unsaturated/α-hetero) is 4. The van der Waals surface area contributed by atoms with Crippen molar-refractivity contribution in [1.29, 1.82) is 0 Å². The molecule has 4 nitrogen and oxygen atoms in total. The fourth-order valence-corrected chi connectivity index (χ4v) is 3.27. The predicted molar refractivity (Wildman–Crippen MR) is 56.0 cm³/mol. The fraction of sp³-hybridized carbons (Fsp3) is 0.600. The Bertz CT molecular complexity index is 251. The first-order chi connectivity index (χ1) is 6.77. The van der Waals surface area contributed by atoms with Crippen LogP contribution in [0.15, 0.2) is 0 Å². The molecule has 0 heterocycles. The molecule has 15 heavy (non-hydrogen) atoms. The van der Waals surface area contributed by atoms with Gasteiger partial charge in [0.15, 0.2) is 0 Å². The molecule has 0 N–H and O–H groups in total. The molecule has 0 aromatic heterocycles. The van der Waals surface area contributed by atoms with Gasteiger partial charge in [-0.2, -0.15) is 0 Å². The van der Waals surface area contributed by atoms with Crippen LogP contribution in [0.5, 0.6) is 0 Å². The second-order valence-corrected chi connectivity index (χ2v) is 5.89. The first-order valence-electron chi connectivity index (χ1n) is 4.44. The van der Waals surface area contributed by atoms with E-state index in [0.717, 1.165) is 0 Å². The van der Waals surface area contributed by atoms with Crippen molar-refractivity contribution in [3.63, 3.8) is 0 Å². The van der Waals surface area contributed by atoms with Gasteiger partial charge in [-0.25, -0.2) is 0 Å². The number of carbonyl (C=O) groups is 4. The van der Waals surface area contributed by atoms with E-state index >= 15 is 0 Å². The van der Waals surface area contributed by atoms with E-state index in [1.165, 1.54) is 27.7 Å². The molecule has 0 atom stereocenters. The van der Waals surface area contributed by atoms with E-state index in [1.807, 2.05) is 0 Å². The standard InChI is InChI=1S/C10H14O4Se/c1-5(11)9(6(2)12)15-10(7(3)13)8(4)14/h9-10H,1-4H3. The molecule has 0 saturated carbocycles. The Morgan fingerprint density at radius 3 is 1.00 bits per heavy atom. The summed E-state index contributed by atoms with van der Waals surface area (Å²) in [7, 11) is 0. The van der Waals surface area contributed by atoms with Crippen LogP contribution in [0.25, 0.3) is 0 Å². The van der Waals surface area contributed by atoms with Crippen LogP contribution in [-0.4, -0.2) is 38.1 Å². The van der Waals surface area contributed by atoms with Crippen LogP contribution in [0.3, 0.4) is 0 Å². The van der Waals surface area contributed by atoms with Gasteiger partial charge in [0.05, 0.1) is 0 Å². The predicted octanol–water partition coefficient (Wildman–Crippen LogP) is 0.624. The minimum absolute atomic E-state index is 0.269. The molecule has 0 saturated heterocycles. The molecule has 0 radical (unpaired) electrons. The molecule has 0 aromatic rings. The number of carbonyl (C=O) groups excluding carboxylic acids is 4. The summed E-state index contributed by atoms with van der Waals surface area (Å²) >= 11 is -0.602. The second-order valence-electron chi connectivity index (χ2n) is 3.34. The zero-order valence-corrected chi connectivity index (χ0v) is 10.9. The van der Waals surface area contributed by atoms with Gasteiger partial charge in [-0.05, 0) is 0 Å². The summed E-state index contributed by atoms with van der Waals surface area (Å²) in [6.07, 6.45) is 0. The van der Waals surface area contributed by atoms with Crippen LogP contribution in [0.4, 0.5) is 0 Å². The molecule has 84 valence electrons. The summed E-state index contributed by atoms with van der Waals surface area (Å²) in [5, 5.41) is 0. The normalized spacial score (nSPS) is 10.5. The Balaban J connectivity index is 4.77. The molecule has 0 fully saturated rings. The van der Waals surface area contributed by atoms with Crippen LogP contribution in [0.1, 0.15) is 27.7 Å². The van der Waals surface area contributed by atoms with Crippen molar-refractivity contribution in [3.8, 4) is 0 Å². The van der Waals surface area contributed by atoms with Crippen molar-refractivity contribution in [2.75, 3.05) is 0 Å². The van der Waals surface area contributed by atoms with E-state index in [9.17, 15) is 19.2 Å². The first kappa shape index (κ1) is 14.2. The third-order valence-electron chi connectivity index (χ3n) is 1.75. The third kappa shape index (κ3) is 4.49. The van der Waals surface area contributed by atoms with Gasteiger partial charge in [0.1, 0.15) is 0 Å². The summed E-state index contributed by atoms with van der Waals surface area (Å²) < 4.78 is 0. The Kier molecular flexibility index (Phi) is 5.61. The van der Waals surface area contributed by atoms with Gasteiger partial charge in [-0.1, -0.05) is 0 Å². The van der Waals surface area contributed by atoms with Gasteiger partial charge >= 0.3 is 94.6 Å². The van der Waals surface area contributed by atoms with Crippen LogP contribution in [-0.2, 0) is 19.2 Å². The van der Waals surface area contributed by atoms with E-state index in [1.54, 1.807) is 0 Å². The SMILES string of the molecule is CC(=O)C([Se]C(C(C)=O)C(C)=O)C(C)=O. The Hall–Kier alpha value is -0.801. The van der Waals surface area contributed by atoms with E-state index in [4.69, 9.17) is 0 Å². The summed E-state index contributed by atoms with van der Waals surface area (Å²) in [6, 6.07) is 0. The molecule has 0 bridgehead atoms. The third-order valence-corrected chi connectivity index (χ3v) is 5.68. The number of rotatable bonds is 6. The molecule has 0 aromatic carbocycles. The van der Waals surface area contributed by atoms with E-state index in [0.29, 0.717) is 0 Å². The summed E-state index contributed by atoms with van der Waals surface area (Å²) in [5.74, 6) is -1.07. The average Bonchev–Trinajstić information content (AvgIpc) is 2.01. The van der Waals surface area contributed by atoms with Crippen molar-refractivity contribution in [1.82, 2.24) is 0 Å². The van der Waals surface area contributed by atoms with Crippen molar-refractivity contribution in [2.45, 2.75) is 37.3 Å². The Morgan fingerprint density at radius 1 is 0.667 bits per heavy atom. The molecular weight excluding hydrogens is 263 g/mol. The molecule has 0 amide bonds. The summed E-state index contributed by atoms with van der Waals surface area (Å²) in [4.78, 5) is 43.0. The number of ketones is 4. The first-order valence-corrected chi connectivity index (χ1v) is 6.42. The van der Waals surface area contributed by atoms with Gasteiger partial charge in [-0.15, -0.1) is 0 Å². The molecule has 0 unspecified atom stereocenters. The molecule has 0 spiro atoms. The van der Waals surface area contributed by atoms with Crippen LogP contribution in [0, 0.1) is 0 Å². The monoisotopic (exact) mass is 278 g/mol. The van der Waals surface area contributed by atoms with E-state index in [2.05, 4.69) is 0 Å². The molecular formula is C10H14O4Se. The molecule has 0 aliphatic heterocycles. The van der Waals surface area contributed by atoms with Gasteiger partial charge in [0, 0.05) is 0 Å². The summed E-state index contributed by atoms with van der Waals surface area (Å²) in [6.45, 7) is 5.24. The molecule has 0 aliphatic carbocycles. The van der Waals surface area contributed by atoms with E-state index < -0.39 is 24.6 Å². The Morgan fingerprint density at radius 2 is 0.867 bits per heavy atom. The van der Waals surface area contributed by atoms with Crippen molar-refractivity contribution in [2.24, 2.45) is 0 Å².